The average Bonchev–Trinajstić information content (AvgIpc) is 2.83. The van der Waals surface area contributed by atoms with Gasteiger partial charge in [0, 0.05) is 25.6 Å². The third kappa shape index (κ3) is 4.13. The van der Waals surface area contributed by atoms with Crippen LogP contribution in [0.5, 0.6) is 11.5 Å². The van der Waals surface area contributed by atoms with Crippen molar-refractivity contribution in [3.05, 3.63) is 23.8 Å². The third-order valence-corrected chi connectivity index (χ3v) is 2.83. The number of rotatable bonds is 6. The van der Waals surface area contributed by atoms with Crippen LogP contribution in [0.4, 0.5) is 0 Å². The molecule has 1 aliphatic rings. The summed E-state index contributed by atoms with van der Waals surface area (Å²) >= 11 is 0. The van der Waals surface area contributed by atoms with E-state index in [0.717, 1.165) is 17.1 Å². The molecule has 0 unspecified atom stereocenters. The Kier molecular flexibility index (Phi) is 4.63. The molecule has 0 spiro atoms. The SMILES string of the molecule is CC(C)NCCC(=O)NCc1ccc2c(c1)OCO2. The van der Waals surface area contributed by atoms with Gasteiger partial charge in [0.25, 0.3) is 0 Å². The number of amides is 1. The zero-order valence-electron chi connectivity index (χ0n) is 11.4. The molecule has 0 bridgehead atoms. The van der Waals surface area contributed by atoms with Crippen LogP contribution in [0.3, 0.4) is 0 Å². The summed E-state index contributed by atoms with van der Waals surface area (Å²) in [4.78, 5) is 11.6. The van der Waals surface area contributed by atoms with E-state index < -0.39 is 0 Å². The number of benzene rings is 1. The Morgan fingerprint density at radius 3 is 2.89 bits per heavy atom. The lowest BCUT2D eigenvalue weighted by molar-refractivity contribution is -0.121. The largest absolute Gasteiger partial charge is 0.454 e. The van der Waals surface area contributed by atoms with Crippen LogP contribution in [0.2, 0.25) is 0 Å². The van der Waals surface area contributed by atoms with Gasteiger partial charge in [-0.15, -0.1) is 0 Å². The van der Waals surface area contributed by atoms with Crippen molar-refractivity contribution in [2.45, 2.75) is 32.9 Å². The number of carbonyl (C=O) groups excluding carboxylic acids is 1. The van der Waals surface area contributed by atoms with Crippen molar-refractivity contribution in [3.63, 3.8) is 0 Å². The molecule has 19 heavy (non-hydrogen) atoms. The molecule has 104 valence electrons. The van der Waals surface area contributed by atoms with Gasteiger partial charge in [0.05, 0.1) is 0 Å². The first kappa shape index (κ1) is 13.7. The van der Waals surface area contributed by atoms with Crippen LogP contribution in [0, 0.1) is 0 Å². The molecule has 0 aliphatic carbocycles. The number of nitrogens with one attached hydrogen (secondary N) is 2. The van der Waals surface area contributed by atoms with Crippen LogP contribution >= 0.6 is 0 Å². The average molecular weight is 264 g/mol. The second-order valence-corrected chi connectivity index (χ2v) is 4.82. The molecule has 5 nitrogen and oxygen atoms in total. The normalized spacial score (nSPS) is 12.8. The minimum Gasteiger partial charge on any atom is -0.454 e. The van der Waals surface area contributed by atoms with Crippen molar-refractivity contribution in [1.82, 2.24) is 10.6 Å². The summed E-state index contributed by atoms with van der Waals surface area (Å²) in [6.45, 7) is 5.60. The van der Waals surface area contributed by atoms with E-state index in [0.29, 0.717) is 25.6 Å². The van der Waals surface area contributed by atoms with Gasteiger partial charge in [-0.05, 0) is 17.7 Å². The number of fused-ring (bicyclic) bond motifs is 1. The van der Waals surface area contributed by atoms with E-state index in [1.165, 1.54) is 0 Å². The molecule has 1 heterocycles. The lowest BCUT2D eigenvalue weighted by atomic mass is 10.2. The Hall–Kier alpha value is -1.75. The van der Waals surface area contributed by atoms with Crippen molar-refractivity contribution < 1.29 is 14.3 Å². The molecule has 1 aromatic rings. The van der Waals surface area contributed by atoms with E-state index in [4.69, 9.17) is 9.47 Å². The molecule has 1 amide bonds. The lowest BCUT2D eigenvalue weighted by Crippen LogP contribution is -2.30. The standard InChI is InChI=1S/C14H20N2O3/c1-10(2)15-6-5-14(17)16-8-11-3-4-12-13(7-11)19-9-18-12/h3-4,7,10,15H,5-6,8-9H2,1-2H3,(H,16,17). The fourth-order valence-corrected chi connectivity index (χ4v) is 1.81. The molecule has 1 aromatic carbocycles. The van der Waals surface area contributed by atoms with Crippen molar-refractivity contribution in [2.24, 2.45) is 0 Å². The molecule has 0 fully saturated rings. The molecule has 5 heteroatoms. The predicted octanol–water partition coefficient (Wildman–Crippen LogP) is 1.42. The highest BCUT2D eigenvalue weighted by molar-refractivity contribution is 5.76. The molecule has 2 N–H and O–H groups in total. The maximum Gasteiger partial charge on any atom is 0.231 e. The summed E-state index contributed by atoms with van der Waals surface area (Å²) in [5.74, 6) is 1.55. The second-order valence-electron chi connectivity index (χ2n) is 4.82. The summed E-state index contributed by atoms with van der Waals surface area (Å²) < 4.78 is 10.5. The highest BCUT2D eigenvalue weighted by atomic mass is 16.7. The fraction of sp³-hybridized carbons (Fsp3) is 0.500. The number of ether oxygens (including phenoxy) is 2. The van der Waals surface area contributed by atoms with Crippen LogP contribution in [0.25, 0.3) is 0 Å². The van der Waals surface area contributed by atoms with Gasteiger partial charge in [-0.3, -0.25) is 4.79 Å². The highest BCUT2D eigenvalue weighted by Gasteiger charge is 2.13. The lowest BCUT2D eigenvalue weighted by Gasteiger charge is -2.09. The van der Waals surface area contributed by atoms with Gasteiger partial charge < -0.3 is 20.1 Å². The summed E-state index contributed by atoms with van der Waals surface area (Å²) in [6.07, 6.45) is 0.489. The van der Waals surface area contributed by atoms with Crippen molar-refractivity contribution in [3.8, 4) is 11.5 Å². The van der Waals surface area contributed by atoms with E-state index in [1.54, 1.807) is 0 Å². The molecular weight excluding hydrogens is 244 g/mol. The van der Waals surface area contributed by atoms with Crippen molar-refractivity contribution in [1.29, 1.82) is 0 Å². The molecule has 2 rings (SSSR count). The van der Waals surface area contributed by atoms with Gasteiger partial charge in [0.1, 0.15) is 0 Å². The maximum atomic E-state index is 11.6. The maximum absolute atomic E-state index is 11.6. The number of hydrogen-bond donors (Lipinski definition) is 2. The smallest absolute Gasteiger partial charge is 0.231 e. The van der Waals surface area contributed by atoms with Crippen LogP contribution in [0.15, 0.2) is 18.2 Å². The van der Waals surface area contributed by atoms with E-state index in [1.807, 2.05) is 18.2 Å². The van der Waals surface area contributed by atoms with Crippen LogP contribution in [0.1, 0.15) is 25.8 Å². The first-order chi connectivity index (χ1) is 9.15. The minimum atomic E-state index is 0.0471. The van der Waals surface area contributed by atoms with Gasteiger partial charge in [0.15, 0.2) is 11.5 Å². The van der Waals surface area contributed by atoms with Gasteiger partial charge in [-0.25, -0.2) is 0 Å². The summed E-state index contributed by atoms with van der Waals surface area (Å²) in [7, 11) is 0. The van der Waals surface area contributed by atoms with Crippen molar-refractivity contribution in [2.75, 3.05) is 13.3 Å². The third-order valence-electron chi connectivity index (χ3n) is 2.83. The Balaban J connectivity index is 1.74. The number of carbonyl (C=O) groups is 1. The van der Waals surface area contributed by atoms with E-state index >= 15 is 0 Å². The highest BCUT2D eigenvalue weighted by Crippen LogP contribution is 2.32. The van der Waals surface area contributed by atoms with Crippen LogP contribution < -0.4 is 20.1 Å². The summed E-state index contributed by atoms with van der Waals surface area (Å²) in [5.41, 5.74) is 1.01. The minimum absolute atomic E-state index is 0.0471. The topological polar surface area (TPSA) is 59.6 Å². The van der Waals surface area contributed by atoms with Crippen LogP contribution in [-0.4, -0.2) is 25.3 Å². The van der Waals surface area contributed by atoms with Gasteiger partial charge in [-0.1, -0.05) is 19.9 Å². The molecule has 0 atom stereocenters. The first-order valence-electron chi connectivity index (χ1n) is 6.54. The zero-order chi connectivity index (χ0) is 13.7. The van der Waals surface area contributed by atoms with Gasteiger partial charge >= 0.3 is 0 Å². The fourth-order valence-electron chi connectivity index (χ4n) is 1.81. The molecule has 0 saturated heterocycles. The number of hydrogen-bond acceptors (Lipinski definition) is 4. The molecule has 0 aromatic heterocycles. The molecular formula is C14H20N2O3. The van der Waals surface area contributed by atoms with Gasteiger partial charge in [-0.2, -0.15) is 0 Å². The zero-order valence-corrected chi connectivity index (χ0v) is 11.4. The monoisotopic (exact) mass is 264 g/mol. The first-order valence-corrected chi connectivity index (χ1v) is 6.54. The summed E-state index contributed by atoms with van der Waals surface area (Å²) in [6, 6.07) is 6.10. The Labute approximate surface area is 113 Å². The Morgan fingerprint density at radius 2 is 2.11 bits per heavy atom. The quantitative estimate of drug-likeness (QED) is 0.816. The van der Waals surface area contributed by atoms with Gasteiger partial charge in [0.2, 0.25) is 12.7 Å². The second kappa shape index (κ2) is 6.43. The predicted molar refractivity (Wildman–Crippen MR) is 72.2 cm³/mol. The Bertz CT molecular complexity index is 446. The van der Waals surface area contributed by atoms with E-state index in [2.05, 4.69) is 24.5 Å². The van der Waals surface area contributed by atoms with Crippen molar-refractivity contribution >= 4 is 5.91 Å². The summed E-state index contributed by atoms with van der Waals surface area (Å²) in [5, 5.41) is 6.10. The van der Waals surface area contributed by atoms with E-state index in [-0.39, 0.29) is 12.7 Å². The van der Waals surface area contributed by atoms with Crippen LogP contribution in [-0.2, 0) is 11.3 Å². The molecule has 0 saturated carbocycles. The van der Waals surface area contributed by atoms with E-state index in [9.17, 15) is 4.79 Å². The molecule has 1 aliphatic heterocycles. The molecule has 0 radical (unpaired) electrons. The Morgan fingerprint density at radius 1 is 1.32 bits per heavy atom.